The Morgan fingerprint density at radius 1 is 1.16 bits per heavy atom. The van der Waals surface area contributed by atoms with Crippen LogP contribution in [0.2, 0.25) is 5.02 Å². The van der Waals surface area contributed by atoms with E-state index in [1.54, 1.807) is 18.2 Å². The number of benzene rings is 1. The molecule has 0 radical (unpaired) electrons. The minimum absolute atomic E-state index is 0. The minimum Gasteiger partial charge on any atom is -0.356 e. The van der Waals surface area contributed by atoms with Crippen molar-refractivity contribution in [3.05, 3.63) is 50.6 Å². The third-order valence-corrected chi connectivity index (χ3v) is 8.47. The minimum atomic E-state index is -0.403. The fraction of sp³-hybridized carbons (Fsp3) is 0.462. The number of halogens is 2. The predicted molar refractivity (Wildman–Crippen MR) is 151 cm³/mol. The third kappa shape index (κ3) is 6.14. The summed E-state index contributed by atoms with van der Waals surface area (Å²) in [5.74, 6) is -0.776. The molecule has 3 atom stereocenters. The summed E-state index contributed by atoms with van der Waals surface area (Å²) in [6, 6.07) is 6.45. The van der Waals surface area contributed by atoms with Gasteiger partial charge in [0.1, 0.15) is 5.69 Å². The first-order chi connectivity index (χ1) is 17.8. The maximum absolute atomic E-state index is 13.3. The molecule has 0 spiro atoms. The molecule has 3 heterocycles. The van der Waals surface area contributed by atoms with Crippen LogP contribution in [0, 0.1) is 5.92 Å². The molecule has 2 aromatic heterocycles. The smallest absolute Gasteiger partial charge is 0.280 e. The molecule has 0 unspecified atom stereocenters. The van der Waals surface area contributed by atoms with Crippen LogP contribution < -0.4 is 16.0 Å². The summed E-state index contributed by atoms with van der Waals surface area (Å²) in [6.45, 7) is 4.15. The van der Waals surface area contributed by atoms with Crippen molar-refractivity contribution in [2.24, 2.45) is 5.92 Å². The second-order valence-corrected chi connectivity index (χ2v) is 11.4. The summed E-state index contributed by atoms with van der Waals surface area (Å²) in [7, 11) is 2.06. The topological polar surface area (TPSA) is 119 Å². The molecule has 0 bridgehead atoms. The normalized spacial score (nSPS) is 21.3. The number of amides is 3. The Bertz CT molecular complexity index is 1340. The Labute approximate surface area is 236 Å². The number of nitrogens with one attached hydrogen (secondary N) is 4. The van der Waals surface area contributed by atoms with Gasteiger partial charge in [-0.15, -0.1) is 23.7 Å². The van der Waals surface area contributed by atoms with Gasteiger partial charge in [0.2, 0.25) is 5.91 Å². The summed E-state index contributed by atoms with van der Waals surface area (Å²) in [4.78, 5) is 50.1. The van der Waals surface area contributed by atoms with Crippen molar-refractivity contribution in [3.8, 4) is 0 Å². The van der Waals surface area contributed by atoms with Gasteiger partial charge in [-0.2, -0.15) is 0 Å². The molecule has 9 nitrogen and oxygen atoms in total. The van der Waals surface area contributed by atoms with Crippen LogP contribution in [0.5, 0.6) is 0 Å². The van der Waals surface area contributed by atoms with Crippen LogP contribution in [0.1, 0.15) is 57.0 Å². The Hall–Kier alpha value is -2.66. The summed E-state index contributed by atoms with van der Waals surface area (Å²) in [5.41, 5.74) is 2.23. The monoisotopic (exact) mass is 578 g/mol. The van der Waals surface area contributed by atoms with Gasteiger partial charge in [-0.3, -0.25) is 14.4 Å². The zero-order valence-electron chi connectivity index (χ0n) is 21.3. The molecule has 5 rings (SSSR count). The number of carbonyl (C=O) groups is 3. The first-order valence-corrected chi connectivity index (χ1v) is 13.8. The van der Waals surface area contributed by atoms with Crippen molar-refractivity contribution in [3.63, 3.8) is 0 Å². The van der Waals surface area contributed by atoms with Crippen LogP contribution in [0.4, 0.5) is 0 Å². The molecule has 38 heavy (non-hydrogen) atoms. The highest BCUT2D eigenvalue weighted by atomic mass is 35.5. The molecular formula is C26H32Cl2N6O3S. The zero-order valence-corrected chi connectivity index (χ0v) is 23.7. The van der Waals surface area contributed by atoms with Gasteiger partial charge in [0.25, 0.3) is 11.8 Å². The van der Waals surface area contributed by atoms with Gasteiger partial charge in [0.15, 0.2) is 5.01 Å². The fourth-order valence-electron chi connectivity index (χ4n) is 5.18. The van der Waals surface area contributed by atoms with E-state index in [9.17, 15) is 14.4 Å². The van der Waals surface area contributed by atoms with Crippen LogP contribution in [0.25, 0.3) is 10.9 Å². The van der Waals surface area contributed by atoms with E-state index >= 15 is 0 Å². The van der Waals surface area contributed by atoms with Crippen LogP contribution in [-0.2, 0) is 17.8 Å². The lowest BCUT2D eigenvalue weighted by molar-refractivity contribution is -0.126. The highest BCUT2D eigenvalue weighted by Crippen LogP contribution is 2.28. The second-order valence-electron chi connectivity index (χ2n) is 9.86. The average Bonchev–Trinajstić information content (AvgIpc) is 3.49. The molecule has 1 fully saturated rings. The summed E-state index contributed by atoms with van der Waals surface area (Å²) < 4.78 is 0. The molecule has 1 saturated carbocycles. The highest BCUT2D eigenvalue weighted by Gasteiger charge is 2.36. The van der Waals surface area contributed by atoms with E-state index in [-0.39, 0.29) is 42.1 Å². The zero-order chi connectivity index (χ0) is 26.1. The number of hydrogen-bond donors (Lipinski definition) is 4. The molecule has 204 valence electrons. The molecule has 12 heteroatoms. The van der Waals surface area contributed by atoms with Crippen molar-refractivity contribution in [1.29, 1.82) is 0 Å². The summed E-state index contributed by atoms with van der Waals surface area (Å²) >= 11 is 7.51. The van der Waals surface area contributed by atoms with Gasteiger partial charge < -0.3 is 25.8 Å². The number of fused-ring (bicyclic) bond motifs is 2. The van der Waals surface area contributed by atoms with Gasteiger partial charge in [0.05, 0.1) is 11.7 Å². The standard InChI is InChI=1S/C26H31ClN6O3S.ClH/c1-3-28-23(34)14-4-6-18(30-24(35)21-12-15-10-16(27)5-7-17(15)29-21)20(11-14)31-25(36)26-32-19-8-9-33(2)13-22(19)37-26;/h5,7,10,12,14,18,20,29H,3-4,6,8-9,11,13H2,1-2H3,(H,28,34)(H,30,35)(H,31,36);1H/t14-,18-,20+;/m0./s1. The van der Waals surface area contributed by atoms with Crippen molar-refractivity contribution in [1.82, 2.24) is 30.8 Å². The maximum Gasteiger partial charge on any atom is 0.280 e. The van der Waals surface area contributed by atoms with Gasteiger partial charge in [-0.25, -0.2) is 4.98 Å². The van der Waals surface area contributed by atoms with Crippen LogP contribution in [0.15, 0.2) is 24.3 Å². The third-order valence-electron chi connectivity index (χ3n) is 7.15. The number of likely N-dealkylation sites (N-methyl/N-ethyl adjacent to an activating group) is 1. The quantitative estimate of drug-likeness (QED) is 0.357. The first kappa shape index (κ1) is 28.4. The van der Waals surface area contributed by atoms with E-state index < -0.39 is 6.04 Å². The van der Waals surface area contributed by atoms with Gasteiger partial charge in [0, 0.05) is 58.8 Å². The molecule has 1 aromatic carbocycles. The number of H-pyrrole nitrogens is 1. The van der Waals surface area contributed by atoms with Crippen molar-refractivity contribution < 1.29 is 14.4 Å². The predicted octanol–water partition coefficient (Wildman–Crippen LogP) is 3.52. The maximum atomic E-state index is 13.3. The lowest BCUT2D eigenvalue weighted by Crippen LogP contribution is -2.56. The van der Waals surface area contributed by atoms with E-state index in [1.807, 2.05) is 13.0 Å². The van der Waals surface area contributed by atoms with Gasteiger partial charge in [-0.1, -0.05) is 11.6 Å². The molecule has 3 aromatic rings. The Morgan fingerprint density at radius 3 is 2.74 bits per heavy atom. The largest absolute Gasteiger partial charge is 0.356 e. The number of hydrogen-bond acceptors (Lipinski definition) is 6. The van der Waals surface area contributed by atoms with E-state index in [2.05, 4.69) is 37.9 Å². The Balaban J connectivity index is 0.00000336. The lowest BCUT2D eigenvalue weighted by atomic mass is 9.81. The van der Waals surface area contributed by atoms with Crippen LogP contribution >= 0.6 is 35.3 Å². The number of thiazole rings is 1. The van der Waals surface area contributed by atoms with Crippen molar-refractivity contribution in [2.45, 2.75) is 51.2 Å². The Morgan fingerprint density at radius 2 is 1.95 bits per heavy atom. The molecule has 1 aliphatic heterocycles. The molecule has 2 aliphatic rings. The first-order valence-electron chi connectivity index (χ1n) is 12.7. The van der Waals surface area contributed by atoms with Gasteiger partial charge in [-0.05, 0) is 57.5 Å². The van der Waals surface area contributed by atoms with Gasteiger partial charge >= 0.3 is 0 Å². The number of aromatic nitrogens is 2. The Kier molecular flexibility index (Phi) is 8.97. The lowest BCUT2D eigenvalue weighted by Gasteiger charge is -2.36. The molecule has 3 amide bonds. The average molecular weight is 580 g/mol. The van der Waals surface area contributed by atoms with Crippen molar-refractivity contribution in [2.75, 3.05) is 20.1 Å². The second kappa shape index (κ2) is 12.0. The van der Waals surface area contributed by atoms with E-state index in [0.717, 1.165) is 41.0 Å². The van der Waals surface area contributed by atoms with Crippen molar-refractivity contribution >= 4 is 64.0 Å². The van der Waals surface area contributed by atoms with Crippen LogP contribution in [-0.4, -0.2) is 64.8 Å². The fourth-order valence-corrected chi connectivity index (χ4v) is 6.45. The molecule has 4 N–H and O–H groups in total. The summed E-state index contributed by atoms with van der Waals surface area (Å²) in [6.07, 6.45) is 2.47. The number of carbonyl (C=O) groups excluding carboxylic acids is 3. The summed E-state index contributed by atoms with van der Waals surface area (Å²) in [5, 5.41) is 11.0. The van der Waals surface area contributed by atoms with E-state index in [1.165, 1.54) is 11.3 Å². The molecule has 0 saturated heterocycles. The number of nitrogens with zero attached hydrogens (tertiary/aromatic N) is 2. The van der Waals surface area contributed by atoms with E-state index in [0.29, 0.717) is 41.5 Å². The number of rotatable bonds is 6. The molecular weight excluding hydrogens is 547 g/mol. The van der Waals surface area contributed by atoms with Crippen LogP contribution in [0.3, 0.4) is 0 Å². The van der Waals surface area contributed by atoms with E-state index in [4.69, 9.17) is 11.6 Å². The SMILES string of the molecule is CCNC(=O)[C@H]1CC[C@H](NC(=O)c2cc3cc(Cl)ccc3[nH]2)[C@H](NC(=O)c2nc3c(s2)CN(C)CC3)C1.Cl. The highest BCUT2D eigenvalue weighted by molar-refractivity contribution is 7.13. The molecule has 1 aliphatic carbocycles. The number of aromatic amines is 1.